The molecular formula is C23H25N3O5. The third kappa shape index (κ3) is 4.23. The van der Waals surface area contributed by atoms with Crippen LogP contribution in [0, 0.1) is 10.1 Å². The molecule has 0 aromatic heterocycles. The Morgan fingerprint density at radius 1 is 1.03 bits per heavy atom. The lowest BCUT2D eigenvalue weighted by molar-refractivity contribution is -0.384. The van der Waals surface area contributed by atoms with Crippen LogP contribution in [0.3, 0.4) is 0 Å². The number of fused-ring (bicyclic) bond motifs is 1. The number of nitrogens with zero attached hydrogens (tertiary/aromatic N) is 3. The molecule has 2 aliphatic heterocycles. The molecule has 2 aromatic carbocycles. The summed E-state index contributed by atoms with van der Waals surface area (Å²) in [5.74, 6) is -1.06. The molecule has 0 saturated carbocycles. The predicted octanol–water partition coefficient (Wildman–Crippen LogP) is 3.72. The van der Waals surface area contributed by atoms with Crippen LogP contribution in [0.4, 0.5) is 17.1 Å². The highest BCUT2D eigenvalue weighted by Crippen LogP contribution is 2.32. The Kier molecular flexibility index (Phi) is 5.88. The van der Waals surface area contributed by atoms with Crippen LogP contribution in [0.5, 0.6) is 0 Å². The van der Waals surface area contributed by atoms with Crippen molar-refractivity contribution in [3.63, 3.8) is 0 Å². The normalized spacial score (nSPS) is 16.5. The number of carbonyl (C=O) groups excluding carboxylic acids is 2. The Balaban J connectivity index is 1.48. The third-order valence-corrected chi connectivity index (χ3v) is 5.89. The molecule has 1 saturated heterocycles. The first-order valence-corrected chi connectivity index (χ1v) is 10.6. The highest BCUT2D eigenvalue weighted by molar-refractivity contribution is 6.00. The molecule has 4 rings (SSSR count). The Morgan fingerprint density at radius 2 is 1.77 bits per heavy atom. The van der Waals surface area contributed by atoms with E-state index >= 15 is 0 Å². The first kappa shape index (κ1) is 20.8. The number of ether oxygens (including phenoxy) is 1. The van der Waals surface area contributed by atoms with E-state index in [4.69, 9.17) is 4.74 Å². The van der Waals surface area contributed by atoms with Gasteiger partial charge < -0.3 is 14.5 Å². The Hall–Kier alpha value is -3.42. The highest BCUT2D eigenvalue weighted by atomic mass is 16.6. The van der Waals surface area contributed by atoms with E-state index in [0.717, 1.165) is 50.0 Å². The van der Waals surface area contributed by atoms with Crippen molar-refractivity contribution in [2.75, 3.05) is 29.4 Å². The van der Waals surface area contributed by atoms with E-state index in [1.807, 2.05) is 29.2 Å². The van der Waals surface area contributed by atoms with Crippen LogP contribution >= 0.6 is 0 Å². The van der Waals surface area contributed by atoms with Crippen LogP contribution in [-0.4, -0.2) is 42.5 Å². The SMILES string of the molecule is C[C@@H](OC(=O)c1ccc(N2CCCCC2)c([N+](=O)[O-])c1)C(=O)N1CCc2ccccc21. The monoisotopic (exact) mass is 423 g/mol. The molecule has 0 spiro atoms. The number of esters is 1. The van der Waals surface area contributed by atoms with E-state index in [0.29, 0.717) is 12.2 Å². The molecule has 8 heteroatoms. The minimum absolute atomic E-state index is 0.0638. The average molecular weight is 423 g/mol. The number of hydrogen-bond donors (Lipinski definition) is 0. The van der Waals surface area contributed by atoms with Gasteiger partial charge in [0.15, 0.2) is 6.10 Å². The zero-order valence-corrected chi connectivity index (χ0v) is 17.5. The molecule has 31 heavy (non-hydrogen) atoms. The lowest BCUT2D eigenvalue weighted by Crippen LogP contribution is -2.39. The van der Waals surface area contributed by atoms with Gasteiger partial charge in [-0.25, -0.2) is 4.79 Å². The fraction of sp³-hybridized carbons (Fsp3) is 0.391. The molecule has 8 nitrogen and oxygen atoms in total. The van der Waals surface area contributed by atoms with Crippen molar-refractivity contribution >= 4 is 28.9 Å². The largest absolute Gasteiger partial charge is 0.449 e. The summed E-state index contributed by atoms with van der Waals surface area (Å²) in [5.41, 5.74) is 2.37. The van der Waals surface area contributed by atoms with E-state index in [-0.39, 0.29) is 17.2 Å². The van der Waals surface area contributed by atoms with Crippen molar-refractivity contribution in [1.29, 1.82) is 0 Å². The first-order chi connectivity index (χ1) is 15.0. The van der Waals surface area contributed by atoms with Crippen molar-refractivity contribution in [3.8, 4) is 0 Å². The molecule has 2 aromatic rings. The number of anilines is 2. The molecular weight excluding hydrogens is 398 g/mol. The fourth-order valence-corrected chi connectivity index (χ4v) is 4.26. The predicted molar refractivity (Wildman–Crippen MR) is 117 cm³/mol. The summed E-state index contributed by atoms with van der Waals surface area (Å²) in [5, 5.41) is 11.6. The summed E-state index contributed by atoms with van der Waals surface area (Å²) in [6.45, 7) is 3.58. The highest BCUT2D eigenvalue weighted by Gasteiger charge is 2.31. The van der Waals surface area contributed by atoms with Crippen LogP contribution < -0.4 is 9.80 Å². The Morgan fingerprint density at radius 3 is 2.52 bits per heavy atom. The lowest BCUT2D eigenvalue weighted by Gasteiger charge is -2.28. The second kappa shape index (κ2) is 8.75. The van der Waals surface area contributed by atoms with E-state index in [9.17, 15) is 19.7 Å². The van der Waals surface area contributed by atoms with Crippen LogP contribution in [-0.2, 0) is 16.0 Å². The molecule has 0 radical (unpaired) electrons. The summed E-state index contributed by atoms with van der Waals surface area (Å²) in [7, 11) is 0. The second-order valence-electron chi connectivity index (χ2n) is 7.92. The number of nitro groups is 1. The topological polar surface area (TPSA) is 93.0 Å². The van der Waals surface area contributed by atoms with Gasteiger partial charge in [-0.3, -0.25) is 14.9 Å². The van der Waals surface area contributed by atoms with Gasteiger partial charge in [-0.1, -0.05) is 18.2 Å². The van der Waals surface area contributed by atoms with Gasteiger partial charge in [-0.15, -0.1) is 0 Å². The maximum Gasteiger partial charge on any atom is 0.339 e. The van der Waals surface area contributed by atoms with E-state index in [1.165, 1.54) is 19.1 Å². The second-order valence-corrected chi connectivity index (χ2v) is 7.92. The molecule has 2 aliphatic rings. The van der Waals surface area contributed by atoms with Gasteiger partial charge in [0.2, 0.25) is 0 Å². The molecule has 2 heterocycles. The van der Waals surface area contributed by atoms with Crippen LogP contribution in [0.2, 0.25) is 0 Å². The molecule has 1 amide bonds. The summed E-state index contributed by atoms with van der Waals surface area (Å²) in [6, 6.07) is 12.0. The van der Waals surface area contributed by atoms with Crippen LogP contribution in [0.1, 0.15) is 42.1 Å². The summed E-state index contributed by atoms with van der Waals surface area (Å²) >= 11 is 0. The quantitative estimate of drug-likeness (QED) is 0.413. The number of rotatable bonds is 5. The van der Waals surface area contributed by atoms with Gasteiger partial charge in [-0.05, 0) is 56.4 Å². The Bertz CT molecular complexity index is 1020. The summed E-state index contributed by atoms with van der Waals surface area (Å²) < 4.78 is 5.38. The molecule has 0 bridgehead atoms. The maximum absolute atomic E-state index is 12.8. The number of piperidine rings is 1. The number of nitro benzene ring substituents is 1. The van der Waals surface area contributed by atoms with Gasteiger partial charge >= 0.3 is 5.97 Å². The first-order valence-electron chi connectivity index (χ1n) is 10.6. The number of benzene rings is 2. The smallest absolute Gasteiger partial charge is 0.339 e. The van der Waals surface area contributed by atoms with Gasteiger partial charge in [0.25, 0.3) is 11.6 Å². The maximum atomic E-state index is 12.8. The van der Waals surface area contributed by atoms with Gasteiger partial charge in [0, 0.05) is 31.4 Å². The van der Waals surface area contributed by atoms with Gasteiger partial charge in [-0.2, -0.15) is 0 Å². The Labute approximate surface area is 180 Å². The molecule has 1 fully saturated rings. The average Bonchev–Trinajstić information content (AvgIpc) is 3.22. The van der Waals surface area contributed by atoms with Crippen molar-refractivity contribution in [2.24, 2.45) is 0 Å². The fourth-order valence-electron chi connectivity index (χ4n) is 4.26. The van der Waals surface area contributed by atoms with Crippen LogP contribution in [0.25, 0.3) is 0 Å². The lowest BCUT2D eigenvalue weighted by atomic mass is 10.1. The van der Waals surface area contributed by atoms with Gasteiger partial charge in [0.05, 0.1) is 10.5 Å². The minimum Gasteiger partial charge on any atom is -0.449 e. The van der Waals surface area contributed by atoms with E-state index in [2.05, 4.69) is 0 Å². The number of hydrogen-bond acceptors (Lipinski definition) is 6. The molecule has 1 atom stereocenters. The summed E-state index contributed by atoms with van der Waals surface area (Å²) in [4.78, 5) is 40.2. The van der Waals surface area contributed by atoms with Crippen molar-refractivity contribution in [3.05, 3.63) is 63.7 Å². The van der Waals surface area contributed by atoms with Crippen molar-refractivity contribution in [2.45, 2.75) is 38.7 Å². The van der Waals surface area contributed by atoms with Crippen LogP contribution in [0.15, 0.2) is 42.5 Å². The molecule has 0 unspecified atom stereocenters. The summed E-state index contributed by atoms with van der Waals surface area (Å²) in [6.07, 6.45) is 2.84. The zero-order chi connectivity index (χ0) is 22.0. The van der Waals surface area contributed by atoms with E-state index in [1.54, 1.807) is 11.0 Å². The number of para-hydroxylation sites is 1. The zero-order valence-electron chi connectivity index (χ0n) is 17.5. The molecule has 162 valence electrons. The number of amides is 1. The minimum atomic E-state index is -1.00. The standard InChI is InChI=1S/C23H25N3O5/c1-16(22(27)25-14-11-17-7-3-4-8-19(17)25)31-23(28)18-9-10-20(21(15-18)26(29)30)24-12-5-2-6-13-24/h3-4,7-10,15-16H,2,5-6,11-14H2,1H3/t16-/m1/s1. The number of carbonyl (C=O) groups is 2. The molecule has 0 N–H and O–H groups in total. The van der Waals surface area contributed by atoms with Gasteiger partial charge in [0.1, 0.15) is 5.69 Å². The van der Waals surface area contributed by atoms with E-state index < -0.39 is 17.0 Å². The third-order valence-electron chi connectivity index (χ3n) is 5.89. The van der Waals surface area contributed by atoms with Crippen molar-refractivity contribution in [1.82, 2.24) is 0 Å². The van der Waals surface area contributed by atoms with Crippen molar-refractivity contribution < 1.29 is 19.2 Å². The molecule has 0 aliphatic carbocycles.